The highest BCUT2D eigenvalue weighted by Crippen LogP contribution is 2.23. The Kier molecular flexibility index (Phi) is 4.54. The van der Waals surface area contributed by atoms with E-state index in [2.05, 4.69) is 0 Å². The Balaban J connectivity index is 3.16. The zero-order valence-corrected chi connectivity index (χ0v) is 11.4. The highest BCUT2D eigenvalue weighted by atomic mass is 32.2. The van der Waals surface area contributed by atoms with Gasteiger partial charge in [-0.2, -0.15) is 4.31 Å². The van der Waals surface area contributed by atoms with Crippen LogP contribution in [0.5, 0.6) is 0 Å². The van der Waals surface area contributed by atoms with E-state index in [1.165, 1.54) is 4.31 Å². The lowest BCUT2D eigenvalue weighted by Gasteiger charge is -2.26. The Morgan fingerprint density at radius 2 is 1.76 bits per heavy atom. The fraction of sp³-hybridized carbons (Fsp3) is 0.500. The lowest BCUT2D eigenvalue weighted by Crippen LogP contribution is -2.36. The molecule has 1 aromatic carbocycles. The van der Waals surface area contributed by atoms with Crippen LogP contribution in [0.15, 0.2) is 29.2 Å². The van der Waals surface area contributed by atoms with Crippen molar-refractivity contribution in [3.8, 4) is 0 Å². The first kappa shape index (κ1) is 14.0. The number of benzene rings is 1. The predicted octanol–water partition coefficient (Wildman–Crippen LogP) is 2.08. The fourth-order valence-electron chi connectivity index (χ4n) is 1.87. The summed E-state index contributed by atoms with van der Waals surface area (Å²) in [4.78, 5) is 0.189. The zero-order chi connectivity index (χ0) is 13.1. The van der Waals surface area contributed by atoms with Gasteiger partial charge in [0.1, 0.15) is 4.90 Å². The van der Waals surface area contributed by atoms with Crippen LogP contribution in [-0.2, 0) is 10.0 Å². The van der Waals surface area contributed by atoms with Crippen molar-refractivity contribution < 1.29 is 8.42 Å². The van der Waals surface area contributed by atoms with Crippen LogP contribution in [0.3, 0.4) is 0 Å². The second-order valence-electron chi connectivity index (χ2n) is 4.03. The number of para-hydroxylation sites is 1. The van der Waals surface area contributed by atoms with Crippen molar-refractivity contribution in [3.63, 3.8) is 0 Å². The van der Waals surface area contributed by atoms with E-state index in [0.29, 0.717) is 5.69 Å². The minimum atomic E-state index is -3.48. The monoisotopic (exact) mass is 256 g/mol. The van der Waals surface area contributed by atoms with E-state index in [1.807, 2.05) is 13.8 Å². The molecule has 0 atom stereocenters. The summed E-state index contributed by atoms with van der Waals surface area (Å²) in [7, 11) is -1.87. The Morgan fingerprint density at radius 3 is 2.24 bits per heavy atom. The van der Waals surface area contributed by atoms with Crippen LogP contribution < -0.4 is 5.73 Å². The lowest BCUT2D eigenvalue weighted by atomic mass is 10.2. The predicted molar refractivity (Wildman–Crippen MR) is 70.2 cm³/mol. The quantitative estimate of drug-likeness (QED) is 0.820. The van der Waals surface area contributed by atoms with Crippen molar-refractivity contribution in [3.05, 3.63) is 24.3 Å². The molecule has 0 spiro atoms. The van der Waals surface area contributed by atoms with Crippen LogP contribution >= 0.6 is 0 Å². The van der Waals surface area contributed by atoms with Crippen molar-refractivity contribution in [1.82, 2.24) is 4.31 Å². The third-order valence-corrected chi connectivity index (χ3v) is 5.02. The maximum Gasteiger partial charge on any atom is 0.245 e. The van der Waals surface area contributed by atoms with Gasteiger partial charge in [0.05, 0.1) is 5.69 Å². The number of nitrogens with two attached hydrogens (primary N) is 1. The van der Waals surface area contributed by atoms with Gasteiger partial charge in [-0.1, -0.05) is 26.0 Å². The minimum absolute atomic E-state index is 0.0135. The average Bonchev–Trinajstić information content (AvgIpc) is 2.30. The molecule has 0 heterocycles. The normalized spacial score (nSPS) is 12.3. The molecule has 0 aromatic heterocycles. The molecule has 0 radical (unpaired) electrons. The molecule has 96 valence electrons. The van der Waals surface area contributed by atoms with E-state index in [-0.39, 0.29) is 10.9 Å². The number of anilines is 1. The Morgan fingerprint density at radius 1 is 1.24 bits per heavy atom. The van der Waals surface area contributed by atoms with Gasteiger partial charge in [-0.05, 0) is 25.0 Å². The summed E-state index contributed by atoms with van der Waals surface area (Å²) in [6, 6.07) is 6.58. The summed E-state index contributed by atoms with van der Waals surface area (Å²) in [5, 5.41) is 0. The van der Waals surface area contributed by atoms with Crippen LogP contribution in [0.1, 0.15) is 26.7 Å². The minimum Gasteiger partial charge on any atom is -0.398 e. The van der Waals surface area contributed by atoms with E-state index >= 15 is 0 Å². The van der Waals surface area contributed by atoms with Gasteiger partial charge >= 0.3 is 0 Å². The molecule has 17 heavy (non-hydrogen) atoms. The third-order valence-electron chi connectivity index (χ3n) is 3.03. The number of hydrogen-bond acceptors (Lipinski definition) is 3. The first-order valence-electron chi connectivity index (χ1n) is 5.77. The van der Waals surface area contributed by atoms with E-state index in [1.54, 1.807) is 31.3 Å². The molecule has 5 heteroatoms. The van der Waals surface area contributed by atoms with Gasteiger partial charge in [0, 0.05) is 13.1 Å². The summed E-state index contributed by atoms with van der Waals surface area (Å²) >= 11 is 0. The molecule has 2 N–H and O–H groups in total. The van der Waals surface area contributed by atoms with Crippen molar-refractivity contribution in [2.24, 2.45) is 0 Å². The molecule has 0 aliphatic heterocycles. The van der Waals surface area contributed by atoms with E-state index < -0.39 is 10.0 Å². The van der Waals surface area contributed by atoms with Crippen LogP contribution in [0.4, 0.5) is 5.69 Å². The number of nitrogen functional groups attached to an aromatic ring is 1. The molecule has 0 saturated carbocycles. The lowest BCUT2D eigenvalue weighted by molar-refractivity contribution is 0.350. The second kappa shape index (κ2) is 5.51. The average molecular weight is 256 g/mol. The standard InChI is InChI=1S/C12H20N2O2S/c1-4-10(5-2)14(3)17(15,16)12-9-7-6-8-11(12)13/h6-10H,4-5,13H2,1-3H3. The number of nitrogens with zero attached hydrogens (tertiary/aromatic N) is 1. The number of sulfonamides is 1. The number of rotatable bonds is 5. The number of hydrogen-bond donors (Lipinski definition) is 1. The fourth-order valence-corrected chi connectivity index (χ4v) is 3.49. The van der Waals surface area contributed by atoms with Gasteiger partial charge in [0.25, 0.3) is 0 Å². The van der Waals surface area contributed by atoms with E-state index in [0.717, 1.165) is 12.8 Å². The zero-order valence-electron chi connectivity index (χ0n) is 10.6. The van der Waals surface area contributed by atoms with Crippen molar-refractivity contribution in [1.29, 1.82) is 0 Å². The van der Waals surface area contributed by atoms with Crippen LogP contribution in [0, 0.1) is 0 Å². The van der Waals surface area contributed by atoms with Crippen molar-refractivity contribution in [2.45, 2.75) is 37.6 Å². The summed E-state index contributed by atoms with van der Waals surface area (Å²) in [6.07, 6.45) is 1.58. The maximum atomic E-state index is 12.4. The molecule has 4 nitrogen and oxygen atoms in total. The topological polar surface area (TPSA) is 63.4 Å². The van der Waals surface area contributed by atoms with Gasteiger partial charge in [-0.25, -0.2) is 8.42 Å². The van der Waals surface area contributed by atoms with Gasteiger partial charge in [0.2, 0.25) is 10.0 Å². The van der Waals surface area contributed by atoms with Crippen molar-refractivity contribution in [2.75, 3.05) is 12.8 Å². The molecule has 0 aliphatic carbocycles. The Labute approximate surface area is 103 Å². The maximum absolute atomic E-state index is 12.4. The molecule has 0 saturated heterocycles. The summed E-state index contributed by atoms with van der Waals surface area (Å²) in [5.74, 6) is 0. The molecule has 1 rings (SSSR count). The van der Waals surface area contributed by atoms with Crippen LogP contribution in [0.2, 0.25) is 0 Å². The van der Waals surface area contributed by atoms with Crippen molar-refractivity contribution >= 4 is 15.7 Å². The SMILES string of the molecule is CCC(CC)N(C)S(=O)(=O)c1ccccc1N. The Bertz CT molecular complexity index is 467. The van der Waals surface area contributed by atoms with Crippen LogP contribution in [-0.4, -0.2) is 25.8 Å². The van der Waals surface area contributed by atoms with Crippen LogP contribution in [0.25, 0.3) is 0 Å². The molecular weight excluding hydrogens is 236 g/mol. The van der Waals surface area contributed by atoms with Gasteiger partial charge in [-0.3, -0.25) is 0 Å². The highest BCUT2D eigenvalue weighted by molar-refractivity contribution is 7.89. The summed E-state index contributed by atoms with van der Waals surface area (Å²) < 4.78 is 26.1. The summed E-state index contributed by atoms with van der Waals surface area (Å²) in [6.45, 7) is 3.96. The molecule has 1 aromatic rings. The van der Waals surface area contributed by atoms with Gasteiger partial charge in [-0.15, -0.1) is 0 Å². The first-order valence-corrected chi connectivity index (χ1v) is 7.21. The molecule has 0 unspecified atom stereocenters. The van der Waals surface area contributed by atoms with Gasteiger partial charge < -0.3 is 5.73 Å². The Hall–Kier alpha value is -1.07. The molecule has 0 aliphatic rings. The molecule has 0 bridgehead atoms. The largest absolute Gasteiger partial charge is 0.398 e. The first-order chi connectivity index (χ1) is 7.95. The summed E-state index contributed by atoms with van der Waals surface area (Å²) in [5.41, 5.74) is 6.02. The van der Waals surface area contributed by atoms with E-state index in [9.17, 15) is 8.42 Å². The molecule has 0 amide bonds. The third kappa shape index (κ3) is 2.79. The molecular formula is C12H20N2O2S. The molecule has 0 fully saturated rings. The smallest absolute Gasteiger partial charge is 0.245 e. The van der Waals surface area contributed by atoms with Gasteiger partial charge in [0.15, 0.2) is 0 Å². The highest BCUT2D eigenvalue weighted by Gasteiger charge is 2.27. The van der Waals surface area contributed by atoms with E-state index in [4.69, 9.17) is 5.73 Å². The second-order valence-corrected chi connectivity index (χ2v) is 6.00.